The second-order valence-corrected chi connectivity index (χ2v) is 5.85. The summed E-state index contributed by atoms with van der Waals surface area (Å²) in [6.45, 7) is 2.15. The number of carbonyl (C=O) groups is 1. The Labute approximate surface area is 133 Å². The lowest BCUT2D eigenvalue weighted by atomic mass is 10.0. The van der Waals surface area contributed by atoms with Gasteiger partial charge < -0.3 is 9.47 Å². The fourth-order valence-electron chi connectivity index (χ4n) is 2.08. The molecule has 0 bridgehead atoms. The quantitative estimate of drug-likeness (QED) is 0.590. The van der Waals surface area contributed by atoms with Crippen LogP contribution in [0.4, 0.5) is 0 Å². The van der Waals surface area contributed by atoms with Crippen LogP contribution in [0.5, 0.6) is 5.75 Å². The van der Waals surface area contributed by atoms with E-state index in [-0.39, 0.29) is 5.97 Å². The number of thiocarbonyl (C=S) groups is 1. The molecule has 2 aromatic carbocycles. The molecule has 2 aromatic rings. The van der Waals surface area contributed by atoms with E-state index in [1.165, 1.54) is 16.5 Å². The van der Waals surface area contributed by atoms with Crippen molar-refractivity contribution in [2.75, 3.05) is 13.7 Å². The third-order valence-electron chi connectivity index (χ3n) is 3.07. The molecule has 0 amide bonds. The normalized spacial score (nSPS) is 11.9. The smallest absolute Gasteiger partial charge is 0.323 e. The first-order chi connectivity index (χ1) is 10.2. The summed E-state index contributed by atoms with van der Waals surface area (Å²) in [6, 6.07) is 11.7. The van der Waals surface area contributed by atoms with Crippen LogP contribution in [0, 0.1) is 0 Å². The van der Waals surface area contributed by atoms with Crippen LogP contribution >= 0.6 is 24.0 Å². The van der Waals surface area contributed by atoms with Crippen molar-refractivity contribution in [3.8, 4) is 5.75 Å². The zero-order valence-corrected chi connectivity index (χ0v) is 13.5. The van der Waals surface area contributed by atoms with Crippen molar-refractivity contribution in [2.45, 2.75) is 12.2 Å². The topological polar surface area (TPSA) is 35.5 Å². The number of ether oxygens (including phenoxy) is 2. The Morgan fingerprint density at radius 1 is 1.29 bits per heavy atom. The highest BCUT2D eigenvalue weighted by Gasteiger charge is 2.22. The first-order valence-corrected chi connectivity index (χ1v) is 7.94. The minimum absolute atomic E-state index is 0.267. The number of carbonyl (C=O) groups excluding carboxylic acids is 1. The van der Waals surface area contributed by atoms with Crippen molar-refractivity contribution in [1.29, 1.82) is 0 Å². The molecule has 1 unspecified atom stereocenters. The molecule has 0 saturated heterocycles. The largest absolute Gasteiger partial charge is 0.497 e. The second-order valence-electron chi connectivity index (χ2n) is 4.34. The molecule has 110 valence electrons. The maximum atomic E-state index is 12.0. The molecule has 0 spiro atoms. The third kappa shape index (κ3) is 3.74. The average molecular weight is 320 g/mol. The molecule has 5 heteroatoms. The summed E-state index contributed by atoms with van der Waals surface area (Å²) in [7, 11) is 1.64. The maximum Gasteiger partial charge on any atom is 0.323 e. The van der Waals surface area contributed by atoms with Crippen molar-refractivity contribution in [3.05, 3.63) is 42.0 Å². The molecule has 0 aliphatic carbocycles. The van der Waals surface area contributed by atoms with Gasteiger partial charge in [0.1, 0.15) is 11.0 Å². The van der Waals surface area contributed by atoms with Crippen molar-refractivity contribution in [1.82, 2.24) is 0 Å². The minimum atomic E-state index is -0.422. The van der Waals surface area contributed by atoms with Gasteiger partial charge in [0.2, 0.25) is 0 Å². The standard InChI is InChI=1S/C16H16O3S2/c1-3-19-16(17)15(21-10-20)13-5-4-12-9-14(18-2)7-6-11(12)8-13/h4-10,15H,3H2,1-2H3. The fourth-order valence-corrected chi connectivity index (χ4v) is 3.00. The number of hydrogen-bond donors (Lipinski definition) is 0. The number of thioether (sulfide) groups is 1. The molecule has 0 aromatic heterocycles. The Hall–Kier alpha value is -1.59. The zero-order valence-electron chi connectivity index (χ0n) is 11.9. The Balaban J connectivity index is 2.39. The van der Waals surface area contributed by atoms with E-state index in [2.05, 4.69) is 0 Å². The second kappa shape index (κ2) is 7.43. The van der Waals surface area contributed by atoms with E-state index < -0.39 is 5.25 Å². The lowest BCUT2D eigenvalue weighted by molar-refractivity contribution is -0.142. The number of benzene rings is 2. The highest BCUT2D eigenvalue weighted by Crippen LogP contribution is 2.32. The number of hydrogen-bond acceptors (Lipinski definition) is 5. The van der Waals surface area contributed by atoms with Crippen molar-refractivity contribution in [3.63, 3.8) is 0 Å². The van der Waals surface area contributed by atoms with Crippen molar-refractivity contribution in [2.24, 2.45) is 0 Å². The first kappa shape index (κ1) is 15.8. The van der Waals surface area contributed by atoms with E-state index in [1.807, 2.05) is 36.4 Å². The molecule has 0 aliphatic heterocycles. The summed E-state index contributed by atoms with van der Waals surface area (Å²) in [5.74, 6) is 0.543. The van der Waals surface area contributed by atoms with Gasteiger partial charge >= 0.3 is 5.97 Å². The van der Waals surface area contributed by atoms with E-state index in [1.54, 1.807) is 14.0 Å². The summed E-state index contributed by atoms with van der Waals surface area (Å²) < 4.78 is 11.8. The monoisotopic (exact) mass is 320 g/mol. The average Bonchev–Trinajstić information content (AvgIpc) is 2.51. The van der Waals surface area contributed by atoms with Gasteiger partial charge in [-0.05, 0) is 41.5 Å². The van der Waals surface area contributed by atoms with Crippen LogP contribution in [0.25, 0.3) is 10.8 Å². The van der Waals surface area contributed by atoms with Gasteiger partial charge in [-0.1, -0.05) is 30.4 Å². The number of esters is 1. The summed E-state index contributed by atoms with van der Waals surface area (Å²) in [4.78, 5) is 12.0. The van der Waals surface area contributed by atoms with Crippen LogP contribution in [0.15, 0.2) is 36.4 Å². The number of rotatable bonds is 6. The molecule has 0 radical (unpaired) electrons. The molecule has 1 atom stereocenters. The first-order valence-electron chi connectivity index (χ1n) is 6.53. The maximum absolute atomic E-state index is 12.0. The minimum Gasteiger partial charge on any atom is -0.497 e. The lowest BCUT2D eigenvalue weighted by Gasteiger charge is -2.14. The Bertz CT molecular complexity index is 655. The number of methoxy groups -OCH3 is 1. The molecule has 0 aliphatic rings. The van der Waals surface area contributed by atoms with Gasteiger partial charge in [-0.3, -0.25) is 4.79 Å². The summed E-state index contributed by atoms with van der Waals surface area (Å²) in [5.41, 5.74) is 0.886. The van der Waals surface area contributed by atoms with E-state index in [0.29, 0.717) is 6.61 Å². The molecule has 0 N–H and O–H groups in total. The molecule has 0 fully saturated rings. The molecule has 2 rings (SSSR count). The molecular weight excluding hydrogens is 304 g/mol. The predicted molar refractivity (Wildman–Crippen MR) is 91.1 cm³/mol. The zero-order chi connectivity index (χ0) is 15.2. The summed E-state index contributed by atoms with van der Waals surface area (Å²) in [5, 5.41) is 1.69. The molecule has 0 heterocycles. The van der Waals surface area contributed by atoms with Crippen LogP contribution < -0.4 is 4.74 Å². The molecular formula is C16H16O3S2. The van der Waals surface area contributed by atoms with Crippen LogP contribution in [-0.2, 0) is 9.53 Å². The van der Waals surface area contributed by atoms with Crippen LogP contribution in [0.1, 0.15) is 17.7 Å². The molecule has 3 nitrogen and oxygen atoms in total. The van der Waals surface area contributed by atoms with Gasteiger partial charge in [0, 0.05) is 4.70 Å². The summed E-state index contributed by atoms with van der Waals surface area (Å²) in [6.07, 6.45) is 0. The summed E-state index contributed by atoms with van der Waals surface area (Å²) >= 11 is 6.16. The molecule has 0 saturated carbocycles. The van der Waals surface area contributed by atoms with Crippen LogP contribution in [0.3, 0.4) is 0 Å². The number of fused-ring (bicyclic) bond motifs is 1. The predicted octanol–water partition coefficient (Wildman–Crippen LogP) is 4.14. The van der Waals surface area contributed by atoms with E-state index >= 15 is 0 Å². The van der Waals surface area contributed by atoms with Crippen LogP contribution in [-0.4, -0.2) is 24.4 Å². The Kier molecular flexibility index (Phi) is 5.59. The van der Waals surface area contributed by atoms with Crippen LogP contribution in [0.2, 0.25) is 0 Å². The van der Waals surface area contributed by atoms with Crippen molar-refractivity contribution < 1.29 is 14.3 Å². The van der Waals surface area contributed by atoms with E-state index in [0.717, 1.165) is 22.1 Å². The van der Waals surface area contributed by atoms with Gasteiger partial charge in [-0.15, -0.1) is 11.8 Å². The Morgan fingerprint density at radius 2 is 2.00 bits per heavy atom. The highest BCUT2D eigenvalue weighted by molar-refractivity contribution is 8.21. The SMILES string of the molecule is CCOC(=O)C(SC=S)c1ccc2cc(OC)ccc2c1. The van der Waals surface area contributed by atoms with Crippen molar-refractivity contribution >= 4 is 45.4 Å². The fraction of sp³-hybridized carbons (Fsp3) is 0.250. The van der Waals surface area contributed by atoms with Gasteiger partial charge in [-0.2, -0.15) is 0 Å². The lowest BCUT2D eigenvalue weighted by Crippen LogP contribution is -2.13. The highest BCUT2D eigenvalue weighted by atomic mass is 32.2. The third-order valence-corrected chi connectivity index (χ3v) is 4.25. The van der Waals surface area contributed by atoms with E-state index in [4.69, 9.17) is 21.7 Å². The van der Waals surface area contributed by atoms with Gasteiger partial charge in [0.25, 0.3) is 0 Å². The van der Waals surface area contributed by atoms with E-state index in [9.17, 15) is 4.79 Å². The van der Waals surface area contributed by atoms with Gasteiger partial charge in [0.15, 0.2) is 0 Å². The van der Waals surface area contributed by atoms with Gasteiger partial charge in [0.05, 0.1) is 13.7 Å². The Morgan fingerprint density at radius 3 is 2.67 bits per heavy atom. The molecule has 21 heavy (non-hydrogen) atoms. The van der Waals surface area contributed by atoms with Gasteiger partial charge in [-0.25, -0.2) is 0 Å².